The Labute approximate surface area is 50.7 Å². The SMILES string of the molecule is O=S(=O)(O)C(F)C=CF. The van der Waals surface area contributed by atoms with Gasteiger partial charge in [0.25, 0.3) is 0 Å². The van der Waals surface area contributed by atoms with E-state index >= 15 is 0 Å². The zero-order valence-electron chi connectivity index (χ0n) is 4.16. The molecule has 0 saturated heterocycles. The van der Waals surface area contributed by atoms with Gasteiger partial charge in [0, 0.05) is 0 Å². The van der Waals surface area contributed by atoms with E-state index in [9.17, 15) is 17.2 Å². The maximum Gasteiger partial charge on any atom is 0.301 e. The third kappa shape index (κ3) is 3.15. The largest absolute Gasteiger partial charge is 0.301 e. The molecule has 6 heteroatoms. The maximum atomic E-state index is 11.7. The van der Waals surface area contributed by atoms with Gasteiger partial charge in [0.15, 0.2) is 0 Å². The number of hydrogen-bond acceptors (Lipinski definition) is 2. The lowest BCUT2D eigenvalue weighted by molar-refractivity contribution is 0.408. The Morgan fingerprint density at radius 2 is 2.00 bits per heavy atom. The van der Waals surface area contributed by atoms with Crippen LogP contribution in [0, 0.1) is 0 Å². The van der Waals surface area contributed by atoms with Gasteiger partial charge in [-0.25, -0.2) is 8.78 Å². The van der Waals surface area contributed by atoms with Crippen LogP contribution in [0.4, 0.5) is 8.78 Å². The molecular weight excluding hydrogens is 154 g/mol. The Morgan fingerprint density at radius 3 is 2.11 bits per heavy atom. The molecule has 0 amide bonds. The van der Waals surface area contributed by atoms with Crippen LogP contribution in [0.25, 0.3) is 0 Å². The molecule has 0 aromatic rings. The van der Waals surface area contributed by atoms with E-state index in [1.54, 1.807) is 0 Å². The summed E-state index contributed by atoms with van der Waals surface area (Å²) >= 11 is 0. The van der Waals surface area contributed by atoms with E-state index in [1.807, 2.05) is 0 Å². The molecule has 0 saturated carbocycles. The molecule has 1 N–H and O–H groups in total. The quantitative estimate of drug-likeness (QED) is 0.600. The van der Waals surface area contributed by atoms with Crippen LogP contribution in [0.15, 0.2) is 12.4 Å². The van der Waals surface area contributed by atoms with Crippen LogP contribution >= 0.6 is 0 Å². The minimum atomic E-state index is -4.76. The fraction of sp³-hybridized carbons (Fsp3) is 0.333. The van der Waals surface area contributed by atoms with Crippen molar-refractivity contribution in [2.75, 3.05) is 0 Å². The van der Waals surface area contributed by atoms with Crippen LogP contribution in [0.3, 0.4) is 0 Å². The highest BCUT2D eigenvalue weighted by molar-refractivity contribution is 7.86. The van der Waals surface area contributed by atoms with Gasteiger partial charge in [-0.3, -0.25) is 4.55 Å². The van der Waals surface area contributed by atoms with Crippen molar-refractivity contribution in [3.63, 3.8) is 0 Å². The molecule has 0 radical (unpaired) electrons. The first-order valence-corrected chi connectivity index (χ1v) is 3.36. The normalized spacial score (nSPS) is 16.3. The number of alkyl halides is 1. The summed E-state index contributed by atoms with van der Waals surface area (Å²) in [6.45, 7) is 0. The van der Waals surface area contributed by atoms with Gasteiger partial charge in [-0.05, 0) is 6.08 Å². The molecule has 0 bridgehead atoms. The van der Waals surface area contributed by atoms with Gasteiger partial charge in [-0.1, -0.05) is 0 Å². The summed E-state index contributed by atoms with van der Waals surface area (Å²) in [6.07, 6.45) is -0.215. The first-order valence-electron chi connectivity index (χ1n) is 1.85. The second-order valence-electron chi connectivity index (χ2n) is 1.18. The molecule has 0 fully saturated rings. The molecule has 0 aliphatic heterocycles. The zero-order chi connectivity index (χ0) is 7.49. The van der Waals surface area contributed by atoms with Gasteiger partial charge in [0.05, 0.1) is 6.33 Å². The summed E-state index contributed by atoms with van der Waals surface area (Å²) in [5.41, 5.74) is -2.66. The molecule has 0 aromatic carbocycles. The fourth-order valence-electron chi connectivity index (χ4n) is 0.156. The van der Waals surface area contributed by atoms with Crippen LogP contribution < -0.4 is 0 Å². The van der Waals surface area contributed by atoms with Crippen molar-refractivity contribution >= 4 is 10.1 Å². The van der Waals surface area contributed by atoms with E-state index in [0.717, 1.165) is 0 Å². The molecule has 1 unspecified atom stereocenters. The highest BCUT2D eigenvalue weighted by Crippen LogP contribution is 2.01. The summed E-state index contributed by atoms with van der Waals surface area (Å²) in [5.74, 6) is 0. The molecule has 0 heterocycles. The fourth-order valence-corrected chi connectivity index (χ4v) is 0.414. The highest BCUT2D eigenvalue weighted by Gasteiger charge is 2.17. The van der Waals surface area contributed by atoms with E-state index < -0.39 is 15.6 Å². The summed E-state index contributed by atoms with van der Waals surface area (Å²) in [5, 5.41) is 0. The van der Waals surface area contributed by atoms with Crippen LogP contribution in [-0.4, -0.2) is 18.5 Å². The van der Waals surface area contributed by atoms with Crippen LogP contribution in [0.5, 0.6) is 0 Å². The number of halogens is 2. The Balaban J connectivity index is 4.24. The van der Waals surface area contributed by atoms with E-state index in [2.05, 4.69) is 0 Å². The zero-order valence-corrected chi connectivity index (χ0v) is 4.98. The van der Waals surface area contributed by atoms with Crippen LogP contribution in [-0.2, 0) is 10.1 Å². The third-order valence-corrected chi connectivity index (χ3v) is 1.23. The molecule has 0 aromatic heterocycles. The molecule has 1 atom stereocenters. The number of hydrogen-bond donors (Lipinski definition) is 1. The lowest BCUT2D eigenvalue weighted by Gasteiger charge is -1.93. The number of rotatable bonds is 2. The minimum Gasteiger partial charge on any atom is -0.283 e. The standard InChI is InChI=1S/C3H4F2O3S/c4-2-1-3(5)9(6,7)8/h1-3H,(H,6,7,8). The Kier molecular flexibility index (Phi) is 2.72. The van der Waals surface area contributed by atoms with E-state index in [-0.39, 0.29) is 12.4 Å². The first kappa shape index (κ1) is 8.51. The molecule has 0 rings (SSSR count). The maximum absolute atomic E-state index is 11.7. The summed E-state index contributed by atoms with van der Waals surface area (Å²) in [7, 11) is -4.76. The van der Waals surface area contributed by atoms with Crippen molar-refractivity contribution in [2.45, 2.75) is 5.50 Å². The average Bonchev–Trinajstić information content (AvgIpc) is 1.64. The Hall–Kier alpha value is -0.490. The van der Waals surface area contributed by atoms with Crippen molar-refractivity contribution in [1.29, 1.82) is 0 Å². The second-order valence-corrected chi connectivity index (χ2v) is 2.66. The van der Waals surface area contributed by atoms with E-state index in [0.29, 0.717) is 0 Å². The van der Waals surface area contributed by atoms with Crippen molar-refractivity contribution in [3.8, 4) is 0 Å². The molecular formula is C3H4F2O3S. The van der Waals surface area contributed by atoms with Crippen molar-refractivity contribution in [1.82, 2.24) is 0 Å². The average molecular weight is 158 g/mol. The third-order valence-electron chi connectivity index (χ3n) is 0.509. The van der Waals surface area contributed by atoms with Gasteiger partial charge in [0.1, 0.15) is 0 Å². The van der Waals surface area contributed by atoms with Crippen molar-refractivity contribution in [3.05, 3.63) is 12.4 Å². The van der Waals surface area contributed by atoms with Crippen LogP contribution in [0.2, 0.25) is 0 Å². The van der Waals surface area contributed by atoms with Gasteiger partial charge in [0.2, 0.25) is 5.50 Å². The Morgan fingerprint density at radius 1 is 1.56 bits per heavy atom. The second kappa shape index (κ2) is 2.88. The summed E-state index contributed by atoms with van der Waals surface area (Å²) in [4.78, 5) is 0. The molecule has 9 heavy (non-hydrogen) atoms. The van der Waals surface area contributed by atoms with Crippen LogP contribution in [0.1, 0.15) is 0 Å². The molecule has 0 aliphatic carbocycles. The summed E-state index contributed by atoms with van der Waals surface area (Å²) in [6, 6.07) is 0. The molecule has 54 valence electrons. The van der Waals surface area contributed by atoms with E-state index in [1.165, 1.54) is 0 Å². The lowest BCUT2D eigenvalue weighted by atomic mass is 10.7. The predicted molar refractivity (Wildman–Crippen MR) is 26.7 cm³/mol. The van der Waals surface area contributed by atoms with Crippen molar-refractivity contribution < 1.29 is 21.8 Å². The smallest absolute Gasteiger partial charge is 0.283 e. The van der Waals surface area contributed by atoms with Crippen molar-refractivity contribution in [2.24, 2.45) is 0 Å². The van der Waals surface area contributed by atoms with E-state index in [4.69, 9.17) is 4.55 Å². The molecule has 0 aliphatic rings. The highest BCUT2D eigenvalue weighted by atomic mass is 32.2. The first-order chi connectivity index (χ1) is 3.98. The van der Waals surface area contributed by atoms with Gasteiger partial charge >= 0.3 is 10.1 Å². The lowest BCUT2D eigenvalue weighted by Crippen LogP contribution is -2.11. The predicted octanol–water partition coefficient (Wildman–Crippen LogP) is 0.653. The topological polar surface area (TPSA) is 54.4 Å². The molecule has 3 nitrogen and oxygen atoms in total. The van der Waals surface area contributed by atoms with Gasteiger partial charge in [-0.2, -0.15) is 8.42 Å². The molecule has 0 spiro atoms. The Bertz CT molecular complexity index is 195. The van der Waals surface area contributed by atoms with Gasteiger partial charge in [-0.15, -0.1) is 0 Å². The monoisotopic (exact) mass is 158 g/mol. The van der Waals surface area contributed by atoms with Gasteiger partial charge < -0.3 is 0 Å². The minimum absolute atomic E-state index is 0.0787. The summed E-state index contributed by atoms with van der Waals surface area (Å²) < 4.78 is 49.9.